The van der Waals surface area contributed by atoms with Gasteiger partial charge in [0.2, 0.25) is 5.17 Å². The average Bonchev–Trinajstić information content (AvgIpc) is 2.04. The van der Waals surface area contributed by atoms with Crippen molar-refractivity contribution in [1.82, 2.24) is 5.32 Å². The Morgan fingerprint density at radius 3 is 2.92 bits per heavy atom. The number of halogens is 1. The van der Waals surface area contributed by atoms with Gasteiger partial charge in [0.1, 0.15) is 0 Å². The van der Waals surface area contributed by atoms with Crippen LogP contribution in [0.1, 0.15) is 13.3 Å². The first kappa shape index (κ1) is 12.5. The van der Waals surface area contributed by atoms with E-state index in [9.17, 15) is 10.1 Å². The number of nitro groups is 1. The van der Waals surface area contributed by atoms with Crippen LogP contribution in [0.3, 0.4) is 0 Å². The molecule has 0 fully saturated rings. The molecule has 0 rings (SSSR count). The van der Waals surface area contributed by atoms with Crippen LogP contribution in [0.2, 0.25) is 0 Å². The molecule has 7 heteroatoms. The minimum absolute atomic E-state index is 0.345. The number of nitrogens with one attached hydrogen (secondary N) is 1. The Bertz CT molecular complexity index is 189. The van der Waals surface area contributed by atoms with Crippen molar-refractivity contribution in [3.63, 3.8) is 0 Å². The summed E-state index contributed by atoms with van der Waals surface area (Å²) in [5, 5.41) is 15.7. The van der Waals surface area contributed by atoms with E-state index in [1.807, 2.05) is 6.92 Å². The first-order chi connectivity index (χ1) is 6.20. The number of hydrogen-bond donors (Lipinski definition) is 1. The van der Waals surface area contributed by atoms with Crippen LogP contribution in [0.15, 0.2) is 5.10 Å². The van der Waals surface area contributed by atoms with Gasteiger partial charge in [-0.15, -0.1) is 11.6 Å². The second-order valence-electron chi connectivity index (χ2n) is 2.05. The highest BCUT2D eigenvalue weighted by Gasteiger charge is 2.03. The molecule has 0 unspecified atom stereocenters. The van der Waals surface area contributed by atoms with E-state index >= 15 is 0 Å². The molecule has 1 N–H and O–H groups in total. The van der Waals surface area contributed by atoms with Crippen molar-refractivity contribution >= 4 is 28.5 Å². The smallest absolute Gasteiger partial charge is 0.235 e. The van der Waals surface area contributed by atoms with Crippen LogP contribution in [0.25, 0.3) is 0 Å². The number of rotatable bonds is 5. The van der Waals surface area contributed by atoms with E-state index in [-0.39, 0.29) is 0 Å². The molecule has 0 saturated heterocycles. The number of hydrazone groups is 1. The predicted molar refractivity (Wildman–Crippen MR) is 55.9 cm³/mol. The van der Waals surface area contributed by atoms with Crippen LogP contribution < -0.4 is 5.32 Å². The first-order valence-electron chi connectivity index (χ1n) is 3.86. The zero-order chi connectivity index (χ0) is 10.1. The Labute approximate surface area is 86.1 Å². The zero-order valence-electron chi connectivity index (χ0n) is 7.33. The summed E-state index contributed by atoms with van der Waals surface area (Å²) in [4.78, 5) is 10.1. The molecule has 0 aliphatic carbocycles. The molecule has 5 nitrogen and oxygen atoms in total. The van der Waals surface area contributed by atoms with Crippen LogP contribution >= 0.6 is 23.4 Å². The summed E-state index contributed by atoms with van der Waals surface area (Å²) < 4.78 is 0. The summed E-state index contributed by atoms with van der Waals surface area (Å²) >= 11 is 6.76. The quantitative estimate of drug-likeness (QED) is 0.192. The Balaban J connectivity index is 3.87. The van der Waals surface area contributed by atoms with Crippen LogP contribution in [0.4, 0.5) is 0 Å². The van der Waals surface area contributed by atoms with Crippen molar-refractivity contribution in [2.75, 3.05) is 18.2 Å². The second kappa shape index (κ2) is 8.12. The summed E-state index contributed by atoms with van der Waals surface area (Å²) in [5.41, 5.74) is 0. The maximum absolute atomic E-state index is 10.1. The van der Waals surface area contributed by atoms with E-state index in [4.69, 9.17) is 11.6 Å². The standard InChI is InChI=1S/C6H12ClN3O2S/c1-2-13-6(9-10(11)12)8-5-3-4-7/h2-5H2,1H3,(H,8,9). The minimum Gasteiger partial charge on any atom is -0.360 e. The molecule has 0 radical (unpaired) electrons. The minimum atomic E-state index is -0.703. The van der Waals surface area contributed by atoms with Gasteiger partial charge in [0, 0.05) is 12.4 Å². The molecule has 0 heterocycles. The molecule has 0 bridgehead atoms. The molecule has 0 aliphatic rings. The van der Waals surface area contributed by atoms with Crippen molar-refractivity contribution in [2.24, 2.45) is 5.10 Å². The lowest BCUT2D eigenvalue weighted by Crippen LogP contribution is -2.23. The van der Waals surface area contributed by atoms with E-state index in [2.05, 4.69) is 10.4 Å². The predicted octanol–water partition coefficient (Wildman–Crippen LogP) is 1.51. The highest BCUT2D eigenvalue weighted by atomic mass is 35.5. The Morgan fingerprint density at radius 2 is 2.46 bits per heavy atom. The van der Waals surface area contributed by atoms with Crippen LogP contribution in [-0.4, -0.2) is 28.4 Å². The lowest BCUT2D eigenvalue weighted by Gasteiger charge is -2.02. The van der Waals surface area contributed by atoms with Crippen LogP contribution in [0.5, 0.6) is 0 Å². The van der Waals surface area contributed by atoms with Gasteiger partial charge in [0.05, 0.1) is 5.10 Å². The molecule has 0 aromatic carbocycles. The third-order valence-electron chi connectivity index (χ3n) is 1.04. The summed E-state index contributed by atoms with van der Waals surface area (Å²) in [6.07, 6.45) is 0.766. The molecule has 0 saturated carbocycles. The van der Waals surface area contributed by atoms with Gasteiger partial charge in [-0.3, -0.25) is 0 Å². The number of thioether (sulfide) groups is 1. The largest absolute Gasteiger partial charge is 0.360 e. The van der Waals surface area contributed by atoms with E-state index in [1.165, 1.54) is 11.8 Å². The van der Waals surface area contributed by atoms with Gasteiger partial charge < -0.3 is 5.32 Å². The van der Waals surface area contributed by atoms with Crippen molar-refractivity contribution in [1.29, 1.82) is 0 Å². The van der Waals surface area contributed by atoms with Crippen LogP contribution in [0, 0.1) is 10.1 Å². The molecule has 0 aliphatic heterocycles. The molecule has 76 valence electrons. The monoisotopic (exact) mass is 225 g/mol. The first-order valence-corrected chi connectivity index (χ1v) is 5.38. The molecule has 0 spiro atoms. The SMILES string of the molecule is CCSC(=N[N+](=O)[O-])NCCCCl. The molecule has 0 atom stereocenters. The fourth-order valence-electron chi connectivity index (χ4n) is 0.588. The highest BCUT2D eigenvalue weighted by Crippen LogP contribution is 2.00. The van der Waals surface area contributed by atoms with E-state index in [0.717, 1.165) is 12.2 Å². The Kier molecular flexibility index (Phi) is 7.82. The van der Waals surface area contributed by atoms with Crippen molar-refractivity contribution < 1.29 is 5.03 Å². The maximum Gasteiger partial charge on any atom is 0.235 e. The van der Waals surface area contributed by atoms with Gasteiger partial charge in [-0.2, -0.15) is 0 Å². The van der Waals surface area contributed by atoms with Gasteiger partial charge >= 0.3 is 0 Å². The molecular formula is C6H12ClN3O2S. The number of alkyl halides is 1. The van der Waals surface area contributed by atoms with E-state index in [1.54, 1.807) is 0 Å². The van der Waals surface area contributed by atoms with Crippen LogP contribution in [-0.2, 0) is 0 Å². The fourth-order valence-corrected chi connectivity index (χ4v) is 1.32. The molecule has 0 amide bonds. The van der Waals surface area contributed by atoms with Crippen molar-refractivity contribution in [2.45, 2.75) is 13.3 Å². The van der Waals surface area contributed by atoms with Gasteiger partial charge in [-0.05, 0) is 12.2 Å². The molecular weight excluding hydrogens is 214 g/mol. The third-order valence-corrected chi connectivity index (χ3v) is 2.10. The summed E-state index contributed by atoms with van der Waals surface area (Å²) in [6.45, 7) is 2.52. The van der Waals surface area contributed by atoms with Crippen molar-refractivity contribution in [3.05, 3.63) is 10.1 Å². The number of nitrogens with zero attached hydrogens (tertiary/aromatic N) is 2. The van der Waals surface area contributed by atoms with Gasteiger partial charge in [-0.1, -0.05) is 18.7 Å². The van der Waals surface area contributed by atoms with Gasteiger partial charge in [0.15, 0.2) is 5.03 Å². The lowest BCUT2D eigenvalue weighted by molar-refractivity contribution is -0.484. The average molecular weight is 226 g/mol. The summed E-state index contributed by atoms with van der Waals surface area (Å²) in [6, 6.07) is 0. The topological polar surface area (TPSA) is 67.5 Å². The zero-order valence-corrected chi connectivity index (χ0v) is 8.90. The maximum atomic E-state index is 10.1. The third kappa shape index (κ3) is 7.86. The molecule has 0 aromatic heterocycles. The number of amidine groups is 1. The van der Waals surface area contributed by atoms with Gasteiger partial charge in [0.25, 0.3) is 0 Å². The molecule has 13 heavy (non-hydrogen) atoms. The number of hydrogen-bond acceptors (Lipinski definition) is 3. The lowest BCUT2D eigenvalue weighted by atomic mass is 10.5. The normalized spacial score (nSPS) is 11.4. The van der Waals surface area contributed by atoms with E-state index in [0.29, 0.717) is 17.6 Å². The summed E-state index contributed by atoms with van der Waals surface area (Å²) in [7, 11) is 0. The van der Waals surface area contributed by atoms with E-state index < -0.39 is 5.03 Å². The van der Waals surface area contributed by atoms with Crippen molar-refractivity contribution in [3.8, 4) is 0 Å². The second-order valence-corrected chi connectivity index (χ2v) is 3.68. The van der Waals surface area contributed by atoms with Gasteiger partial charge in [-0.25, -0.2) is 10.1 Å². The Hall–Kier alpha value is -0.490. The Morgan fingerprint density at radius 1 is 1.77 bits per heavy atom. The summed E-state index contributed by atoms with van der Waals surface area (Å²) in [5.74, 6) is 1.29. The molecule has 0 aromatic rings. The highest BCUT2D eigenvalue weighted by molar-refractivity contribution is 8.13. The fraction of sp³-hybridized carbons (Fsp3) is 0.833.